The lowest BCUT2D eigenvalue weighted by Gasteiger charge is -2.10. The van der Waals surface area contributed by atoms with E-state index in [2.05, 4.69) is 31.4 Å². The molecule has 0 unspecified atom stereocenters. The number of hydrogen-bond donors (Lipinski definition) is 1. The van der Waals surface area contributed by atoms with E-state index >= 15 is 0 Å². The molecule has 7 nitrogen and oxygen atoms in total. The maximum absolute atomic E-state index is 12.3. The van der Waals surface area contributed by atoms with Gasteiger partial charge >= 0.3 is 0 Å². The van der Waals surface area contributed by atoms with Crippen LogP contribution in [-0.4, -0.2) is 33.5 Å². The number of rotatable bonds is 9. The standard InChI is InChI=1S/C20H20BrClN4O3S/c1-3-26-18(11-29-15-7-5-14(28-2)6-8-15)24-25-20(26)30-12-19(27)23-17-9-4-13(21)10-16(17)22/h4-10H,3,11-12H2,1-2H3,(H,23,27). The van der Waals surface area contributed by atoms with Crippen LogP contribution < -0.4 is 14.8 Å². The van der Waals surface area contributed by atoms with E-state index in [1.807, 2.05) is 41.8 Å². The minimum absolute atomic E-state index is 0.175. The molecule has 30 heavy (non-hydrogen) atoms. The van der Waals surface area contributed by atoms with Crippen LogP contribution in [0.1, 0.15) is 12.7 Å². The summed E-state index contributed by atoms with van der Waals surface area (Å²) in [5.74, 6) is 2.17. The molecule has 0 aliphatic carbocycles. The number of methoxy groups -OCH3 is 1. The summed E-state index contributed by atoms with van der Waals surface area (Å²) in [4.78, 5) is 12.3. The molecule has 0 saturated carbocycles. The van der Waals surface area contributed by atoms with Gasteiger partial charge in [0.25, 0.3) is 0 Å². The molecule has 1 amide bonds. The topological polar surface area (TPSA) is 78.3 Å². The van der Waals surface area contributed by atoms with Crippen LogP contribution >= 0.6 is 39.3 Å². The Labute approximate surface area is 192 Å². The van der Waals surface area contributed by atoms with E-state index in [-0.39, 0.29) is 18.3 Å². The molecule has 158 valence electrons. The summed E-state index contributed by atoms with van der Waals surface area (Å²) in [7, 11) is 1.62. The number of thioether (sulfide) groups is 1. The first-order valence-corrected chi connectivity index (χ1v) is 11.2. The number of nitrogens with zero attached hydrogens (tertiary/aromatic N) is 3. The molecule has 3 aromatic rings. The summed E-state index contributed by atoms with van der Waals surface area (Å²) in [5.41, 5.74) is 0.566. The predicted molar refractivity (Wildman–Crippen MR) is 122 cm³/mol. The zero-order chi connectivity index (χ0) is 21.5. The van der Waals surface area contributed by atoms with Gasteiger partial charge in [-0.2, -0.15) is 0 Å². The predicted octanol–water partition coefficient (Wildman–Crippen LogP) is 5.03. The van der Waals surface area contributed by atoms with E-state index in [1.54, 1.807) is 19.2 Å². The van der Waals surface area contributed by atoms with Crippen LogP contribution in [0.5, 0.6) is 11.5 Å². The highest BCUT2D eigenvalue weighted by molar-refractivity contribution is 9.10. The Morgan fingerprint density at radius 1 is 1.20 bits per heavy atom. The van der Waals surface area contributed by atoms with E-state index in [1.165, 1.54) is 11.8 Å². The average Bonchev–Trinajstić information content (AvgIpc) is 3.15. The second kappa shape index (κ2) is 10.7. The van der Waals surface area contributed by atoms with E-state index in [9.17, 15) is 4.79 Å². The normalized spacial score (nSPS) is 10.7. The van der Waals surface area contributed by atoms with Crippen LogP contribution in [0.4, 0.5) is 5.69 Å². The number of aromatic nitrogens is 3. The van der Waals surface area contributed by atoms with Gasteiger partial charge in [0, 0.05) is 11.0 Å². The SMILES string of the molecule is CCn1c(COc2ccc(OC)cc2)nnc1SCC(=O)Nc1ccc(Br)cc1Cl. The van der Waals surface area contributed by atoms with E-state index in [4.69, 9.17) is 21.1 Å². The zero-order valence-corrected chi connectivity index (χ0v) is 19.6. The maximum atomic E-state index is 12.3. The Morgan fingerprint density at radius 3 is 2.60 bits per heavy atom. The van der Waals surface area contributed by atoms with Crippen molar-refractivity contribution >= 4 is 50.9 Å². The van der Waals surface area contributed by atoms with Gasteiger partial charge in [0.05, 0.1) is 23.6 Å². The Bertz CT molecular complexity index is 1010. The van der Waals surface area contributed by atoms with Gasteiger partial charge in [-0.05, 0) is 49.4 Å². The second-order valence-corrected chi connectivity index (χ2v) is 8.33. The van der Waals surface area contributed by atoms with Crippen molar-refractivity contribution in [2.24, 2.45) is 0 Å². The quantitative estimate of drug-likeness (QED) is 0.406. The number of carbonyl (C=O) groups is 1. The smallest absolute Gasteiger partial charge is 0.234 e. The van der Waals surface area contributed by atoms with Gasteiger partial charge < -0.3 is 19.4 Å². The molecule has 0 fully saturated rings. The van der Waals surface area contributed by atoms with Crippen LogP contribution in [0.3, 0.4) is 0 Å². The number of ether oxygens (including phenoxy) is 2. The lowest BCUT2D eigenvalue weighted by Crippen LogP contribution is -2.15. The minimum atomic E-state index is -0.175. The highest BCUT2D eigenvalue weighted by Gasteiger charge is 2.14. The molecule has 0 aliphatic heterocycles. The van der Waals surface area contributed by atoms with Crippen molar-refractivity contribution in [3.05, 3.63) is 57.8 Å². The highest BCUT2D eigenvalue weighted by atomic mass is 79.9. The number of amides is 1. The van der Waals surface area contributed by atoms with Crippen molar-refractivity contribution in [2.45, 2.75) is 25.2 Å². The summed E-state index contributed by atoms with van der Waals surface area (Å²) in [5, 5.41) is 12.3. The van der Waals surface area contributed by atoms with Crippen molar-refractivity contribution in [3.63, 3.8) is 0 Å². The summed E-state index contributed by atoms with van der Waals surface area (Å²) in [6.45, 7) is 2.93. The van der Waals surface area contributed by atoms with Crippen molar-refractivity contribution in [1.29, 1.82) is 0 Å². The molecule has 0 bridgehead atoms. The van der Waals surface area contributed by atoms with Crippen LogP contribution in [0.25, 0.3) is 0 Å². The van der Waals surface area contributed by atoms with Gasteiger partial charge in [0.15, 0.2) is 11.0 Å². The second-order valence-electron chi connectivity index (χ2n) is 6.07. The molecular formula is C20H20BrClN4O3S. The molecule has 2 aromatic carbocycles. The number of benzene rings is 2. The van der Waals surface area contributed by atoms with Crippen LogP contribution in [-0.2, 0) is 17.9 Å². The summed E-state index contributed by atoms with van der Waals surface area (Å²) in [6, 6.07) is 12.6. The Morgan fingerprint density at radius 2 is 1.93 bits per heavy atom. The molecule has 0 radical (unpaired) electrons. The third-order valence-electron chi connectivity index (χ3n) is 4.07. The molecule has 0 spiro atoms. The number of carbonyl (C=O) groups excluding carboxylic acids is 1. The van der Waals surface area contributed by atoms with Crippen molar-refractivity contribution in [2.75, 3.05) is 18.2 Å². The third-order valence-corrected chi connectivity index (χ3v) is 5.85. The van der Waals surface area contributed by atoms with Crippen LogP contribution in [0.2, 0.25) is 5.02 Å². The van der Waals surface area contributed by atoms with Gasteiger partial charge in [0.2, 0.25) is 5.91 Å². The number of anilines is 1. The Hall–Kier alpha value is -2.23. The van der Waals surface area contributed by atoms with E-state index in [0.717, 1.165) is 10.2 Å². The first kappa shape index (κ1) is 22.5. The van der Waals surface area contributed by atoms with E-state index < -0.39 is 0 Å². The van der Waals surface area contributed by atoms with Crippen LogP contribution in [0, 0.1) is 0 Å². The Balaban J connectivity index is 1.57. The molecule has 10 heteroatoms. The third kappa shape index (κ3) is 5.90. The van der Waals surface area contributed by atoms with Gasteiger partial charge in [-0.15, -0.1) is 10.2 Å². The van der Waals surface area contributed by atoms with Crippen LogP contribution in [0.15, 0.2) is 52.1 Å². The zero-order valence-electron chi connectivity index (χ0n) is 16.4. The van der Waals surface area contributed by atoms with Gasteiger partial charge in [-0.1, -0.05) is 39.3 Å². The lowest BCUT2D eigenvalue weighted by atomic mass is 10.3. The molecule has 1 heterocycles. The molecular weight excluding hydrogens is 492 g/mol. The fraction of sp³-hybridized carbons (Fsp3) is 0.250. The lowest BCUT2D eigenvalue weighted by molar-refractivity contribution is -0.113. The van der Waals surface area contributed by atoms with Gasteiger partial charge in [-0.3, -0.25) is 4.79 Å². The first-order valence-electron chi connectivity index (χ1n) is 9.06. The largest absolute Gasteiger partial charge is 0.497 e. The first-order chi connectivity index (χ1) is 14.5. The highest BCUT2D eigenvalue weighted by Crippen LogP contribution is 2.26. The fourth-order valence-electron chi connectivity index (χ4n) is 2.58. The minimum Gasteiger partial charge on any atom is -0.497 e. The Kier molecular flexibility index (Phi) is 8.01. The molecule has 1 aromatic heterocycles. The van der Waals surface area contributed by atoms with Gasteiger partial charge in [-0.25, -0.2) is 0 Å². The summed E-state index contributed by atoms with van der Waals surface area (Å²) < 4.78 is 13.7. The fourth-order valence-corrected chi connectivity index (χ4v) is 4.12. The molecule has 1 N–H and O–H groups in total. The molecule has 0 aliphatic rings. The number of hydrogen-bond acceptors (Lipinski definition) is 6. The van der Waals surface area contributed by atoms with Crippen molar-refractivity contribution < 1.29 is 14.3 Å². The maximum Gasteiger partial charge on any atom is 0.234 e. The summed E-state index contributed by atoms with van der Waals surface area (Å²) >= 11 is 10.8. The average molecular weight is 512 g/mol. The molecule has 0 saturated heterocycles. The molecule has 0 atom stereocenters. The van der Waals surface area contributed by atoms with Crippen molar-refractivity contribution in [1.82, 2.24) is 14.8 Å². The van der Waals surface area contributed by atoms with Gasteiger partial charge in [0.1, 0.15) is 18.1 Å². The summed E-state index contributed by atoms with van der Waals surface area (Å²) in [6.07, 6.45) is 0. The van der Waals surface area contributed by atoms with E-state index in [0.29, 0.717) is 34.0 Å². The molecule has 3 rings (SSSR count). The number of nitrogens with one attached hydrogen (secondary N) is 1. The van der Waals surface area contributed by atoms with Crippen molar-refractivity contribution in [3.8, 4) is 11.5 Å². The monoisotopic (exact) mass is 510 g/mol. The number of halogens is 2.